The summed E-state index contributed by atoms with van der Waals surface area (Å²) in [6, 6.07) is 11.9. The van der Waals surface area contributed by atoms with Gasteiger partial charge in [0, 0.05) is 23.9 Å². The summed E-state index contributed by atoms with van der Waals surface area (Å²) in [4.78, 5) is 14.9. The molecule has 31 heavy (non-hydrogen) atoms. The highest BCUT2D eigenvalue weighted by atomic mass is 32.1. The standard InChI is InChI=1S/C22H20FN7S/c23-16-5-3-14(4-6-16)19-20(31-21(29-19)15-7-11-24-12-8-15)17-9-13-25-22(27-17)28-18-2-1-10-26-30-18/h1-6,9-10,13,15,24H,7-8,11-12H2,(H,25,27,28,30). The van der Waals surface area contributed by atoms with Crippen LogP contribution >= 0.6 is 11.3 Å². The normalized spacial score (nSPS) is 14.5. The maximum absolute atomic E-state index is 13.5. The molecule has 4 aromatic rings. The van der Waals surface area contributed by atoms with Crippen LogP contribution in [0.1, 0.15) is 23.8 Å². The van der Waals surface area contributed by atoms with E-state index in [0.29, 0.717) is 17.7 Å². The van der Waals surface area contributed by atoms with Crippen LogP contribution in [0.15, 0.2) is 54.9 Å². The number of hydrogen-bond acceptors (Lipinski definition) is 8. The van der Waals surface area contributed by atoms with Crippen molar-refractivity contribution in [3.05, 3.63) is 65.7 Å². The summed E-state index contributed by atoms with van der Waals surface area (Å²) in [5.41, 5.74) is 2.45. The Kier molecular flexibility index (Phi) is 5.59. The lowest BCUT2D eigenvalue weighted by atomic mass is 9.99. The number of anilines is 2. The van der Waals surface area contributed by atoms with Crippen molar-refractivity contribution in [3.63, 3.8) is 0 Å². The van der Waals surface area contributed by atoms with Crippen LogP contribution in [0.4, 0.5) is 16.2 Å². The van der Waals surface area contributed by atoms with Gasteiger partial charge in [-0.1, -0.05) is 0 Å². The number of nitrogens with zero attached hydrogens (tertiary/aromatic N) is 5. The fraction of sp³-hybridized carbons (Fsp3) is 0.227. The van der Waals surface area contributed by atoms with Crippen LogP contribution in [-0.2, 0) is 0 Å². The number of nitrogens with one attached hydrogen (secondary N) is 2. The Balaban J connectivity index is 1.54. The molecular formula is C22H20FN7S. The first kappa shape index (κ1) is 19.7. The summed E-state index contributed by atoms with van der Waals surface area (Å²) < 4.78 is 13.5. The van der Waals surface area contributed by atoms with E-state index >= 15 is 0 Å². The number of piperidine rings is 1. The first-order chi connectivity index (χ1) is 15.3. The fourth-order valence-electron chi connectivity index (χ4n) is 3.59. The molecule has 2 N–H and O–H groups in total. The molecule has 0 saturated carbocycles. The lowest BCUT2D eigenvalue weighted by Gasteiger charge is -2.20. The minimum absolute atomic E-state index is 0.267. The Bertz CT molecular complexity index is 1160. The molecule has 0 radical (unpaired) electrons. The summed E-state index contributed by atoms with van der Waals surface area (Å²) in [6.07, 6.45) is 5.43. The third kappa shape index (κ3) is 4.42. The topological polar surface area (TPSA) is 88.5 Å². The van der Waals surface area contributed by atoms with Crippen LogP contribution in [0.25, 0.3) is 21.8 Å². The largest absolute Gasteiger partial charge is 0.317 e. The van der Waals surface area contributed by atoms with Crippen LogP contribution < -0.4 is 10.6 Å². The van der Waals surface area contributed by atoms with Gasteiger partial charge < -0.3 is 10.6 Å². The van der Waals surface area contributed by atoms with Crippen LogP contribution in [0, 0.1) is 5.82 Å². The number of hydrogen-bond donors (Lipinski definition) is 2. The molecule has 1 aliphatic rings. The summed E-state index contributed by atoms with van der Waals surface area (Å²) >= 11 is 1.65. The molecule has 1 fully saturated rings. The number of rotatable bonds is 5. The van der Waals surface area contributed by atoms with E-state index < -0.39 is 0 Å². The SMILES string of the molecule is Fc1ccc(-c2nc(C3CCNCC3)sc2-c2ccnc(Nc3cccnn3)n2)cc1. The molecule has 4 heterocycles. The Morgan fingerprint density at radius 3 is 2.61 bits per heavy atom. The first-order valence-corrected chi connectivity index (χ1v) is 10.9. The van der Waals surface area contributed by atoms with E-state index in [9.17, 15) is 4.39 Å². The lowest BCUT2D eigenvalue weighted by Crippen LogP contribution is -2.26. The molecule has 0 bridgehead atoms. The van der Waals surface area contributed by atoms with Gasteiger partial charge in [0.2, 0.25) is 5.95 Å². The van der Waals surface area contributed by atoms with Gasteiger partial charge in [0.15, 0.2) is 5.82 Å². The highest BCUT2D eigenvalue weighted by molar-refractivity contribution is 7.15. The van der Waals surface area contributed by atoms with Crippen molar-refractivity contribution in [3.8, 4) is 21.8 Å². The molecule has 0 atom stereocenters. The van der Waals surface area contributed by atoms with E-state index in [2.05, 4.69) is 25.8 Å². The molecule has 156 valence electrons. The maximum Gasteiger partial charge on any atom is 0.228 e. The van der Waals surface area contributed by atoms with Crippen molar-refractivity contribution >= 4 is 23.1 Å². The maximum atomic E-state index is 13.5. The number of halogens is 1. The van der Waals surface area contributed by atoms with Gasteiger partial charge in [-0.2, -0.15) is 5.10 Å². The minimum Gasteiger partial charge on any atom is -0.317 e. The van der Waals surface area contributed by atoms with Gasteiger partial charge in [-0.25, -0.2) is 19.3 Å². The van der Waals surface area contributed by atoms with Crippen molar-refractivity contribution in [1.82, 2.24) is 30.5 Å². The van der Waals surface area contributed by atoms with Crippen LogP contribution in [0.3, 0.4) is 0 Å². The fourth-order valence-corrected chi connectivity index (χ4v) is 4.81. The average molecular weight is 434 g/mol. The van der Waals surface area contributed by atoms with Crippen molar-refractivity contribution in [1.29, 1.82) is 0 Å². The first-order valence-electron chi connectivity index (χ1n) is 10.1. The van der Waals surface area contributed by atoms with E-state index in [4.69, 9.17) is 9.97 Å². The summed E-state index contributed by atoms with van der Waals surface area (Å²) in [5.74, 6) is 1.15. The molecule has 0 amide bonds. The molecule has 3 aromatic heterocycles. The molecule has 5 rings (SSSR count). The van der Waals surface area contributed by atoms with Crippen LogP contribution in [0.5, 0.6) is 0 Å². The van der Waals surface area contributed by atoms with E-state index in [1.807, 2.05) is 6.07 Å². The van der Waals surface area contributed by atoms with E-state index in [1.165, 1.54) is 12.1 Å². The molecule has 9 heteroatoms. The monoisotopic (exact) mass is 433 g/mol. The van der Waals surface area contributed by atoms with Gasteiger partial charge >= 0.3 is 0 Å². The van der Waals surface area contributed by atoms with E-state index in [1.54, 1.807) is 48.0 Å². The highest BCUT2D eigenvalue weighted by Crippen LogP contribution is 2.40. The average Bonchev–Trinajstić information content (AvgIpc) is 3.27. The predicted octanol–water partition coefficient (Wildman–Crippen LogP) is 4.41. The number of benzene rings is 1. The second-order valence-corrected chi connectivity index (χ2v) is 8.29. The Labute approximate surface area is 182 Å². The molecule has 7 nitrogen and oxygen atoms in total. The minimum atomic E-state index is -0.267. The lowest BCUT2D eigenvalue weighted by molar-refractivity contribution is 0.459. The van der Waals surface area contributed by atoms with E-state index in [-0.39, 0.29) is 5.82 Å². The molecule has 0 spiro atoms. The van der Waals surface area contributed by atoms with Gasteiger partial charge in [-0.05, 0) is 68.4 Å². The van der Waals surface area contributed by atoms with Gasteiger partial charge in [-0.15, -0.1) is 16.4 Å². The molecule has 0 aliphatic carbocycles. The van der Waals surface area contributed by atoms with Crippen molar-refractivity contribution in [2.24, 2.45) is 0 Å². The van der Waals surface area contributed by atoms with Crippen molar-refractivity contribution < 1.29 is 4.39 Å². The smallest absolute Gasteiger partial charge is 0.228 e. The van der Waals surface area contributed by atoms with Gasteiger partial charge in [0.05, 0.1) is 21.3 Å². The molecule has 1 aromatic carbocycles. The molecule has 1 aliphatic heterocycles. The number of aromatic nitrogens is 5. The predicted molar refractivity (Wildman–Crippen MR) is 119 cm³/mol. The number of thiazole rings is 1. The summed E-state index contributed by atoms with van der Waals surface area (Å²) in [5, 5.41) is 15.5. The van der Waals surface area contributed by atoms with Crippen molar-refractivity contribution in [2.45, 2.75) is 18.8 Å². The zero-order chi connectivity index (χ0) is 21.0. The quantitative estimate of drug-likeness (QED) is 0.482. The van der Waals surface area contributed by atoms with Gasteiger partial charge in [-0.3, -0.25) is 0 Å². The molecular weight excluding hydrogens is 413 g/mol. The third-order valence-corrected chi connectivity index (χ3v) is 6.39. The summed E-state index contributed by atoms with van der Waals surface area (Å²) in [7, 11) is 0. The van der Waals surface area contributed by atoms with Gasteiger partial charge in [0.25, 0.3) is 0 Å². The zero-order valence-corrected chi connectivity index (χ0v) is 17.4. The molecule has 0 unspecified atom stereocenters. The van der Waals surface area contributed by atoms with Crippen LogP contribution in [0.2, 0.25) is 0 Å². The highest BCUT2D eigenvalue weighted by Gasteiger charge is 2.23. The van der Waals surface area contributed by atoms with E-state index in [0.717, 1.165) is 52.8 Å². The second kappa shape index (κ2) is 8.83. The zero-order valence-electron chi connectivity index (χ0n) is 16.6. The second-order valence-electron chi connectivity index (χ2n) is 7.26. The Morgan fingerprint density at radius 1 is 1.00 bits per heavy atom. The van der Waals surface area contributed by atoms with Crippen LogP contribution in [-0.4, -0.2) is 38.2 Å². The van der Waals surface area contributed by atoms with Gasteiger partial charge in [0.1, 0.15) is 5.82 Å². The molecule has 1 saturated heterocycles. The third-order valence-electron chi connectivity index (χ3n) is 5.15. The Morgan fingerprint density at radius 2 is 1.84 bits per heavy atom. The summed E-state index contributed by atoms with van der Waals surface area (Å²) in [6.45, 7) is 1.98. The van der Waals surface area contributed by atoms with Crippen molar-refractivity contribution in [2.75, 3.05) is 18.4 Å². The Hall–Kier alpha value is -3.30.